The molecule has 1 aromatic carbocycles. The van der Waals surface area contributed by atoms with Crippen molar-refractivity contribution in [3.63, 3.8) is 0 Å². The number of nitrogens with one attached hydrogen (secondary N) is 1. The predicted molar refractivity (Wildman–Crippen MR) is 95.2 cm³/mol. The lowest BCUT2D eigenvalue weighted by molar-refractivity contribution is 0.102. The molecule has 0 saturated heterocycles. The van der Waals surface area contributed by atoms with Gasteiger partial charge in [0.05, 0.1) is 21.4 Å². The minimum Gasteiger partial charge on any atom is -0.305 e. The highest BCUT2D eigenvalue weighted by atomic mass is 35.5. The Morgan fingerprint density at radius 2 is 1.83 bits per heavy atom. The van der Waals surface area contributed by atoms with Crippen molar-refractivity contribution in [2.24, 2.45) is 0 Å². The number of hydrogen-bond acceptors (Lipinski definition) is 3. The molecule has 0 saturated carbocycles. The van der Waals surface area contributed by atoms with Crippen molar-refractivity contribution in [3.05, 3.63) is 69.6 Å². The molecule has 0 aliphatic heterocycles. The number of aryl methyl sites for hydroxylation is 2. The molecule has 0 aliphatic rings. The smallest absolute Gasteiger partial charge is 0.256 e. The Bertz CT molecular complexity index is 903. The van der Waals surface area contributed by atoms with E-state index in [1.165, 1.54) is 12.3 Å². The maximum absolute atomic E-state index is 12.3. The molecule has 0 bridgehead atoms. The lowest BCUT2D eigenvalue weighted by Crippen LogP contribution is -2.13. The van der Waals surface area contributed by atoms with Gasteiger partial charge in [-0.25, -0.2) is 9.67 Å². The van der Waals surface area contributed by atoms with Crippen molar-refractivity contribution in [2.75, 3.05) is 5.32 Å². The van der Waals surface area contributed by atoms with Crippen LogP contribution < -0.4 is 5.32 Å². The van der Waals surface area contributed by atoms with Crippen LogP contribution in [0.15, 0.2) is 42.6 Å². The number of nitrogens with zero attached hydrogens (tertiary/aromatic N) is 3. The van der Waals surface area contributed by atoms with Crippen molar-refractivity contribution >= 4 is 34.9 Å². The van der Waals surface area contributed by atoms with Gasteiger partial charge in [-0.3, -0.25) is 4.79 Å². The number of carbonyl (C=O) groups excluding carboxylic acids is 1. The van der Waals surface area contributed by atoms with E-state index in [1.807, 2.05) is 36.7 Å². The fourth-order valence-corrected chi connectivity index (χ4v) is 2.76. The Morgan fingerprint density at radius 3 is 2.42 bits per heavy atom. The topological polar surface area (TPSA) is 59.8 Å². The number of carbonyl (C=O) groups is 1. The van der Waals surface area contributed by atoms with Crippen molar-refractivity contribution in [1.82, 2.24) is 14.8 Å². The first kappa shape index (κ1) is 16.5. The Balaban J connectivity index is 1.80. The fraction of sp³-hybridized carbons (Fsp3) is 0.118. The van der Waals surface area contributed by atoms with Gasteiger partial charge in [0, 0.05) is 17.5 Å². The third kappa shape index (κ3) is 3.42. The summed E-state index contributed by atoms with van der Waals surface area (Å²) in [5.41, 5.74) is 3.35. The second kappa shape index (κ2) is 6.63. The molecule has 0 fully saturated rings. The third-order valence-electron chi connectivity index (χ3n) is 3.42. The Labute approximate surface area is 149 Å². The van der Waals surface area contributed by atoms with Crippen molar-refractivity contribution in [3.8, 4) is 5.69 Å². The van der Waals surface area contributed by atoms with Crippen LogP contribution in [0.1, 0.15) is 21.7 Å². The van der Waals surface area contributed by atoms with Crippen molar-refractivity contribution in [2.45, 2.75) is 13.8 Å². The van der Waals surface area contributed by atoms with Crippen LogP contribution in [0.25, 0.3) is 5.69 Å². The molecule has 24 heavy (non-hydrogen) atoms. The van der Waals surface area contributed by atoms with Crippen LogP contribution in [-0.2, 0) is 0 Å². The van der Waals surface area contributed by atoms with Gasteiger partial charge in [0.15, 0.2) is 5.82 Å². The number of aromatic nitrogens is 3. The zero-order valence-electron chi connectivity index (χ0n) is 13.0. The SMILES string of the molecule is Cc1cc(C)n(-c2ccc(C(=O)Nc3ncc(Cl)cc3Cl)cc2)n1. The minimum absolute atomic E-state index is 0.272. The van der Waals surface area contributed by atoms with Crippen LogP contribution in [0.3, 0.4) is 0 Å². The molecule has 1 amide bonds. The van der Waals surface area contributed by atoms with Gasteiger partial charge in [-0.15, -0.1) is 0 Å². The molecule has 0 atom stereocenters. The standard InChI is InChI=1S/C17H14Cl2N4O/c1-10-7-11(2)23(22-10)14-5-3-12(4-6-14)17(24)21-16-15(19)8-13(18)9-20-16/h3-9H,1-2H3,(H,20,21,24). The van der Waals surface area contributed by atoms with Gasteiger partial charge >= 0.3 is 0 Å². The molecule has 0 spiro atoms. The van der Waals surface area contributed by atoms with E-state index in [1.54, 1.807) is 12.1 Å². The van der Waals surface area contributed by atoms with Gasteiger partial charge in [-0.05, 0) is 50.2 Å². The van der Waals surface area contributed by atoms with Crippen LogP contribution >= 0.6 is 23.2 Å². The molecule has 3 aromatic rings. The highest BCUT2D eigenvalue weighted by molar-refractivity contribution is 6.36. The monoisotopic (exact) mass is 360 g/mol. The van der Waals surface area contributed by atoms with Crippen LogP contribution in [0.4, 0.5) is 5.82 Å². The summed E-state index contributed by atoms with van der Waals surface area (Å²) >= 11 is 11.8. The van der Waals surface area contributed by atoms with E-state index in [2.05, 4.69) is 15.4 Å². The lowest BCUT2D eigenvalue weighted by Gasteiger charge is -2.08. The predicted octanol–water partition coefficient (Wildman–Crippen LogP) is 4.44. The number of hydrogen-bond donors (Lipinski definition) is 1. The summed E-state index contributed by atoms with van der Waals surface area (Å²) in [6, 6.07) is 10.7. The second-order valence-electron chi connectivity index (χ2n) is 5.32. The third-order valence-corrected chi connectivity index (χ3v) is 3.92. The summed E-state index contributed by atoms with van der Waals surface area (Å²) in [4.78, 5) is 16.3. The van der Waals surface area contributed by atoms with Gasteiger partial charge in [0.1, 0.15) is 0 Å². The van der Waals surface area contributed by atoms with E-state index in [4.69, 9.17) is 23.2 Å². The molecular formula is C17H14Cl2N4O. The van der Waals surface area contributed by atoms with Gasteiger partial charge in [0.2, 0.25) is 0 Å². The van der Waals surface area contributed by atoms with Crippen molar-refractivity contribution in [1.29, 1.82) is 0 Å². The molecule has 0 unspecified atom stereocenters. The lowest BCUT2D eigenvalue weighted by atomic mass is 10.2. The summed E-state index contributed by atoms with van der Waals surface area (Å²) in [6.07, 6.45) is 1.43. The maximum Gasteiger partial charge on any atom is 0.256 e. The Morgan fingerprint density at radius 1 is 1.12 bits per heavy atom. The Kier molecular flexibility index (Phi) is 4.55. The molecule has 2 heterocycles. The largest absolute Gasteiger partial charge is 0.305 e. The maximum atomic E-state index is 12.3. The molecule has 2 aromatic heterocycles. The molecule has 122 valence electrons. The van der Waals surface area contributed by atoms with Gasteiger partial charge in [-0.1, -0.05) is 23.2 Å². The van der Waals surface area contributed by atoms with E-state index in [0.29, 0.717) is 10.6 Å². The second-order valence-corrected chi connectivity index (χ2v) is 6.17. The highest BCUT2D eigenvalue weighted by Gasteiger charge is 2.11. The molecule has 3 rings (SSSR count). The highest BCUT2D eigenvalue weighted by Crippen LogP contribution is 2.23. The summed E-state index contributed by atoms with van der Waals surface area (Å²) in [5, 5.41) is 7.78. The van der Waals surface area contributed by atoms with Crippen LogP contribution in [-0.4, -0.2) is 20.7 Å². The molecule has 7 heteroatoms. The number of halogens is 2. The summed E-state index contributed by atoms with van der Waals surface area (Å²) < 4.78 is 1.83. The van der Waals surface area contributed by atoms with E-state index >= 15 is 0 Å². The average Bonchev–Trinajstić information content (AvgIpc) is 2.88. The van der Waals surface area contributed by atoms with Crippen LogP contribution in [0.2, 0.25) is 10.0 Å². The zero-order valence-corrected chi connectivity index (χ0v) is 14.6. The quantitative estimate of drug-likeness (QED) is 0.750. The molecule has 0 radical (unpaired) electrons. The van der Waals surface area contributed by atoms with E-state index < -0.39 is 0 Å². The normalized spacial score (nSPS) is 10.7. The van der Waals surface area contributed by atoms with E-state index in [-0.39, 0.29) is 16.7 Å². The van der Waals surface area contributed by atoms with Crippen LogP contribution in [0.5, 0.6) is 0 Å². The van der Waals surface area contributed by atoms with Crippen molar-refractivity contribution < 1.29 is 4.79 Å². The number of anilines is 1. The first-order valence-electron chi connectivity index (χ1n) is 7.20. The molecule has 5 nitrogen and oxygen atoms in total. The molecule has 0 aliphatic carbocycles. The summed E-state index contributed by atoms with van der Waals surface area (Å²) in [5.74, 6) is -0.0275. The first-order valence-corrected chi connectivity index (χ1v) is 7.96. The number of pyridine rings is 1. The number of amides is 1. The zero-order chi connectivity index (χ0) is 17.3. The minimum atomic E-state index is -0.299. The van der Waals surface area contributed by atoms with Gasteiger partial charge in [-0.2, -0.15) is 5.10 Å². The molecular weight excluding hydrogens is 347 g/mol. The number of benzene rings is 1. The van der Waals surface area contributed by atoms with Crippen LogP contribution in [0, 0.1) is 13.8 Å². The van der Waals surface area contributed by atoms with E-state index in [0.717, 1.165) is 17.1 Å². The molecule has 1 N–H and O–H groups in total. The fourth-order valence-electron chi connectivity index (χ4n) is 2.33. The van der Waals surface area contributed by atoms with Gasteiger partial charge < -0.3 is 5.32 Å². The van der Waals surface area contributed by atoms with E-state index in [9.17, 15) is 4.79 Å². The van der Waals surface area contributed by atoms with Gasteiger partial charge in [0.25, 0.3) is 5.91 Å². The first-order chi connectivity index (χ1) is 11.4. The number of rotatable bonds is 3. The Hall–Kier alpha value is -2.37. The average molecular weight is 361 g/mol. The summed E-state index contributed by atoms with van der Waals surface area (Å²) in [7, 11) is 0. The summed E-state index contributed by atoms with van der Waals surface area (Å²) in [6.45, 7) is 3.92.